The van der Waals surface area contributed by atoms with Gasteiger partial charge in [0.2, 0.25) is 5.88 Å². The summed E-state index contributed by atoms with van der Waals surface area (Å²) in [5.74, 6) is -2.14. The maximum absolute atomic E-state index is 12.2. The molecule has 3 rings (SSSR count). The van der Waals surface area contributed by atoms with E-state index in [1.807, 2.05) is 5.32 Å². The van der Waals surface area contributed by atoms with Gasteiger partial charge in [0.05, 0.1) is 0 Å². The molecule has 158 valence electrons. The van der Waals surface area contributed by atoms with Crippen LogP contribution in [0.5, 0.6) is 5.88 Å². The first-order valence-corrected chi connectivity index (χ1v) is 8.86. The van der Waals surface area contributed by atoms with Crippen LogP contribution >= 0.6 is 0 Å². The lowest BCUT2D eigenvalue weighted by Crippen LogP contribution is -2.52. The third-order valence-electron chi connectivity index (χ3n) is 4.51. The molecule has 0 radical (unpaired) electrons. The van der Waals surface area contributed by atoms with Crippen molar-refractivity contribution >= 4 is 29.5 Å². The van der Waals surface area contributed by atoms with Crippen LogP contribution < -0.4 is 16.6 Å². The number of aromatic nitrogens is 3. The molecule has 0 atom stereocenters. The van der Waals surface area contributed by atoms with Crippen molar-refractivity contribution in [3.05, 3.63) is 80.3 Å². The number of hydrogen-bond acceptors (Lipinski definition) is 7. The van der Waals surface area contributed by atoms with E-state index in [1.54, 1.807) is 12.1 Å². The number of carbonyl (C=O) groups is 3. The SMILES string of the molecule is CN1C(=O)NC(=O)C(=CC=C(C=Cc2c(O)n(C)c(=O)[nH]c2=O)c2ccncc2)C1=O. The van der Waals surface area contributed by atoms with Crippen molar-refractivity contribution in [2.24, 2.45) is 7.05 Å². The Bertz CT molecular complexity index is 1280. The number of imide groups is 2. The van der Waals surface area contributed by atoms with E-state index in [4.69, 9.17) is 0 Å². The summed E-state index contributed by atoms with van der Waals surface area (Å²) in [6.45, 7) is 0. The molecule has 3 N–H and O–H groups in total. The van der Waals surface area contributed by atoms with Gasteiger partial charge in [-0.2, -0.15) is 0 Å². The van der Waals surface area contributed by atoms with Crippen LogP contribution in [0.1, 0.15) is 11.1 Å². The number of likely N-dealkylation sites (N-methyl/N-ethyl adjacent to an activating group) is 1. The number of nitrogens with zero attached hydrogens (tertiary/aromatic N) is 3. The number of carbonyl (C=O) groups excluding carboxylic acids is 3. The summed E-state index contributed by atoms with van der Waals surface area (Å²) >= 11 is 0. The molecule has 11 nitrogen and oxygen atoms in total. The van der Waals surface area contributed by atoms with Gasteiger partial charge in [0.1, 0.15) is 11.1 Å². The first-order chi connectivity index (χ1) is 14.7. The van der Waals surface area contributed by atoms with E-state index in [2.05, 4.69) is 9.97 Å². The highest BCUT2D eigenvalue weighted by molar-refractivity contribution is 6.28. The molecule has 1 aliphatic rings. The topological polar surface area (TPSA) is 154 Å². The highest BCUT2D eigenvalue weighted by Gasteiger charge is 2.32. The number of pyridine rings is 1. The van der Waals surface area contributed by atoms with Crippen LogP contribution in [0, 0.1) is 0 Å². The van der Waals surface area contributed by atoms with Crippen LogP contribution in [0.3, 0.4) is 0 Å². The molecular weight excluding hydrogens is 406 g/mol. The summed E-state index contributed by atoms with van der Waals surface area (Å²) in [7, 11) is 2.53. The molecule has 0 bridgehead atoms. The van der Waals surface area contributed by atoms with E-state index >= 15 is 0 Å². The Morgan fingerprint density at radius 3 is 2.45 bits per heavy atom. The van der Waals surface area contributed by atoms with Crippen LogP contribution in [0.25, 0.3) is 11.6 Å². The molecule has 0 saturated carbocycles. The molecule has 11 heteroatoms. The second kappa shape index (κ2) is 8.45. The standard InChI is InChI=1S/C20H17N5O6/c1-24-17(28)13(15(26)22-19(24)30)5-3-11(12-7-9-21-10-8-12)4-6-14-16(27)23-20(31)25(2)18(14)29/h3-10,28H,1-2H3,(H,22,26,30)(H,23,27,31). The number of barbiturate groups is 1. The largest absolute Gasteiger partial charge is 0.494 e. The van der Waals surface area contributed by atoms with Crippen LogP contribution in [-0.2, 0) is 16.6 Å². The van der Waals surface area contributed by atoms with Crippen molar-refractivity contribution in [3.63, 3.8) is 0 Å². The average Bonchev–Trinajstić information content (AvgIpc) is 2.75. The fourth-order valence-electron chi connectivity index (χ4n) is 2.68. The Morgan fingerprint density at radius 1 is 1.10 bits per heavy atom. The van der Waals surface area contributed by atoms with Gasteiger partial charge >= 0.3 is 11.7 Å². The summed E-state index contributed by atoms with van der Waals surface area (Å²) < 4.78 is 0.872. The Morgan fingerprint density at radius 2 is 1.77 bits per heavy atom. The van der Waals surface area contributed by atoms with Gasteiger partial charge in [-0.15, -0.1) is 0 Å². The minimum atomic E-state index is -0.838. The monoisotopic (exact) mass is 423 g/mol. The number of hydrogen-bond donors (Lipinski definition) is 3. The number of aromatic amines is 1. The number of urea groups is 1. The number of nitrogens with one attached hydrogen (secondary N) is 2. The molecule has 2 aromatic heterocycles. The fourth-order valence-corrected chi connectivity index (χ4v) is 2.68. The van der Waals surface area contributed by atoms with Crippen LogP contribution in [0.4, 0.5) is 4.79 Å². The minimum Gasteiger partial charge on any atom is -0.494 e. The van der Waals surface area contributed by atoms with Crippen molar-refractivity contribution in [1.29, 1.82) is 0 Å². The third kappa shape index (κ3) is 4.24. The Hall–Kier alpha value is -4.54. The smallest absolute Gasteiger partial charge is 0.331 e. The first kappa shape index (κ1) is 21.2. The summed E-state index contributed by atoms with van der Waals surface area (Å²) in [4.78, 5) is 66.2. The molecule has 2 aromatic rings. The molecule has 1 saturated heterocycles. The van der Waals surface area contributed by atoms with Crippen LogP contribution in [0.15, 0.2) is 57.9 Å². The van der Waals surface area contributed by atoms with Crippen LogP contribution in [-0.4, -0.2) is 49.4 Å². The molecular formula is C20H17N5O6. The van der Waals surface area contributed by atoms with Gasteiger partial charge in [-0.1, -0.05) is 12.2 Å². The maximum atomic E-state index is 12.2. The van der Waals surface area contributed by atoms with Gasteiger partial charge in [0, 0.05) is 26.5 Å². The van der Waals surface area contributed by atoms with Gasteiger partial charge in [0.15, 0.2) is 0 Å². The Balaban J connectivity index is 2.08. The first-order valence-electron chi connectivity index (χ1n) is 8.86. The van der Waals surface area contributed by atoms with E-state index in [1.165, 1.54) is 50.8 Å². The van der Waals surface area contributed by atoms with Gasteiger partial charge in [-0.25, -0.2) is 9.59 Å². The quantitative estimate of drug-likeness (QED) is 0.353. The van der Waals surface area contributed by atoms with Crippen molar-refractivity contribution in [3.8, 4) is 5.88 Å². The number of aromatic hydroxyl groups is 1. The van der Waals surface area contributed by atoms with E-state index in [-0.39, 0.29) is 11.1 Å². The zero-order valence-corrected chi connectivity index (χ0v) is 16.4. The zero-order valence-electron chi connectivity index (χ0n) is 16.4. The molecule has 0 spiro atoms. The van der Waals surface area contributed by atoms with E-state index < -0.39 is 35.0 Å². The number of allylic oxidation sites excluding steroid dienone is 4. The molecule has 0 unspecified atom stereocenters. The highest BCUT2D eigenvalue weighted by atomic mass is 16.3. The lowest BCUT2D eigenvalue weighted by atomic mass is 10.0. The number of amides is 4. The van der Waals surface area contributed by atoms with Crippen molar-refractivity contribution < 1.29 is 19.5 Å². The fraction of sp³-hybridized carbons (Fsp3) is 0.100. The van der Waals surface area contributed by atoms with Crippen molar-refractivity contribution in [1.82, 2.24) is 24.8 Å². The third-order valence-corrected chi connectivity index (χ3v) is 4.51. The zero-order chi connectivity index (χ0) is 22.7. The summed E-state index contributed by atoms with van der Waals surface area (Å²) in [5.41, 5.74) is -0.906. The molecule has 0 aliphatic carbocycles. The second-order valence-electron chi connectivity index (χ2n) is 6.45. The molecule has 4 amide bonds. The summed E-state index contributed by atoms with van der Waals surface area (Å²) in [5, 5.41) is 12.2. The predicted molar refractivity (Wildman–Crippen MR) is 110 cm³/mol. The summed E-state index contributed by atoms with van der Waals surface area (Å²) in [6, 6.07) is 2.48. The van der Waals surface area contributed by atoms with E-state index in [0.29, 0.717) is 11.1 Å². The highest BCUT2D eigenvalue weighted by Crippen LogP contribution is 2.19. The molecule has 1 aliphatic heterocycles. The lowest BCUT2D eigenvalue weighted by molar-refractivity contribution is -0.129. The number of H-pyrrole nitrogens is 1. The van der Waals surface area contributed by atoms with Crippen molar-refractivity contribution in [2.45, 2.75) is 0 Å². The normalized spacial score (nSPS) is 16.3. The van der Waals surface area contributed by atoms with Gasteiger partial charge in [-0.3, -0.25) is 39.1 Å². The maximum Gasteiger partial charge on any atom is 0.331 e. The summed E-state index contributed by atoms with van der Waals surface area (Å²) in [6.07, 6.45) is 8.47. The Kier molecular flexibility index (Phi) is 5.77. The van der Waals surface area contributed by atoms with E-state index in [0.717, 1.165) is 9.47 Å². The van der Waals surface area contributed by atoms with Crippen molar-refractivity contribution in [2.75, 3.05) is 7.05 Å². The minimum absolute atomic E-state index is 0.161. The number of rotatable bonds is 4. The lowest BCUT2D eigenvalue weighted by Gasteiger charge is -2.22. The second-order valence-corrected chi connectivity index (χ2v) is 6.45. The van der Waals surface area contributed by atoms with Crippen LogP contribution in [0.2, 0.25) is 0 Å². The predicted octanol–water partition coefficient (Wildman–Crippen LogP) is -0.0944. The van der Waals surface area contributed by atoms with E-state index in [9.17, 15) is 29.1 Å². The van der Waals surface area contributed by atoms with Gasteiger partial charge in [0.25, 0.3) is 17.4 Å². The van der Waals surface area contributed by atoms with Gasteiger partial charge in [-0.05, 0) is 35.4 Å². The average molecular weight is 423 g/mol. The molecule has 0 aromatic carbocycles. The molecule has 3 heterocycles. The van der Waals surface area contributed by atoms with Gasteiger partial charge < -0.3 is 5.11 Å². The molecule has 31 heavy (non-hydrogen) atoms. The molecule has 1 fully saturated rings. The Labute approximate surface area is 174 Å².